The molecule has 1 aromatic carbocycles. The van der Waals surface area contributed by atoms with Crippen molar-refractivity contribution in [3.8, 4) is 5.75 Å². The van der Waals surface area contributed by atoms with Gasteiger partial charge in [-0.25, -0.2) is 4.39 Å². The highest BCUT2D eigenvalue weighted by atomic mass is 79.9. The molecule has 3 atom stereocenters. The van der Waals surface area contributed by atoms with E-state index in [1.54, 1.807) is 0 Å². The average molecular weight is 367 g/mol. The highest BCUT2D eigenvalue weighted by molar-refractivity contribution is 9.10. The van der Waals surface area contributed by atoms with Gasteiger partial charge in [-0.1, -0.05) is 18.5 Å². The quantitative estimate of drug-likeness (QED) is 0.777. The zero-order valence-corrected chi connectivity index (χ0v) is 13.8. The predicted molar refractivity (Wildman–Crippen MR) is 81.0 cm³/mol. The van der Waals surface area contributed by atoms with E-state index in [4.69, 9.17) is 21.1 Å². The monoisotopic (exact) mass is 365 g/mol. The van der Waals surface area contributed by atoms with Gasteiger partial charge in [-0.2, -0.15) is 0 Å². The maximum Gasteiger partial charge on any atom is 0.145 e. The Morgan fingerprint density at radius 2 is 2.25 bits per heavy atom. The minimum absolute atomic E-state index is 0.00871. The summed E-state index contributed by atoms with van der Waals surface area (Å²) in [6, 6.07) is 3.08. The summed E-state index contributed by atoms with van der Waals surface area (Å²) in [5.41, 5.74) is 0. The predicted octanol–water partition coefficient (Wildman–Crippen LogP) is 3.78. The largest absolute Gasteiger partial charge is 0.486 e. The Morgan fingerprint density at radius 3 is 2.90 bits per heavy atom. The minimum Gasteiger partial charge on any atom is -0.486 e. The molecule has 0 amide bonds. The molecule has 1 saturated carbocycles. The van der Waals surface area contributed by atoms with E-state index < -0.39 is 5.82 Å². The third-order valence-corrected chi connectivity index (χ3v) is 4.30. The first-order valence-corrected chi connectivity index (χ1v) is 7.84. The molecule has 1 aromatic rings. The zero-order chi connectivity index (χ0) is 14.7. The highest BCUT2D eigenvalue weighted by Gasteiger charge is 2.43. The molecule has 1 aliphatic rings. The van der Waals surface area contributed by atoms with Gasteiger partial charge in [0, 0.05) is 25.1 Å². The Balaban J connectivity index is 2.04. The molecule has 0 heterocycles. The van der Waals surface area contributed by atoms with E-state index >= 15 is 0 Å². The van der Waals surface area contributed by atoms with Gasteiger partial charge in [-0.3, -0.25) is 0 Å². The number of nitrogens with one attached hydrogen (secondary N) is 1. The van der Waals surface area contributed by atoms with Crippen LogP contribution in [0.1, 0.15) is 19.8 Å². The summed E-state index contributed by atoms with van der Waals surface area (Å²) in [4.78, 5) is 0. The van der Waals surface area contributed by atoms with Gasteiger partial charge in [0.05, 0.1) is 9.50 Å². The molecule has 0 saturated heterocycles. The normalized spacial score (nSPS) is 25.4. The zero-order valence-electron chi connectivity index (χ0n) is 11.5. The minimum atomic E-state index is -0.486. The van der Waals surface area contributed by atoms with Crippen LogP contribution in [0.3, 0.4) is 0 Å². The van der Waals surface area contributed by atoms with Crippen molar-refractivity contribution in [3.63, 3.8) is 0 Å². The molecule has 1 N–H and O–H groups in total. The molecule has 1 fully saturated rings. The first kappa shape index (κ1) is 16.0. The van der Waals surface area contributed by atoms with Crippen molar-refractivity contribution in [3.05, 3.63) is 27.4 Å². The van der Waals surface area contributed by atoms with E-state index in [1.165, 1.54) is 12.1 Å². The van der Waals surface area contributed by atoms with Gasteiger partial charge in [0.1, 0.15) is 23.8 Å². The summed E-state index contributed by atoms with van der Waals surface area (Å²) in [5.74, 6) is -0.0306. The standard InChI is InChI=1S/C14H18BrClFNO2/c1-3-4-19-14-11(18-2)7-13(14)20-12-6-10(17)9(16)5-8(12)15/h5-6,11,13-14,18H,3-4,7H2,1-2H3. The molecule has 1 aliphatic carbocycles. The lowest BCUT2D eigenvalue weighted by atomic mass is 9.85. The van der Waals surface area contributed by atoms with Crippen LogP contribution in [-0.4, -0.2) is 31.9 Å². The summed E-state index contributed by atoms with van der Waals surface area (Å²) in [7, 11) is 1.90. The maximum atomic E-state index is 13.5. The fourth-order valence-corrected chi connectivity index (χ4v) is 2.95. The fraction of sp³-hybridized carbons (Fsp3) is 0.571. The van der Waals surface area contributed by atoms with E-state index in [1.807, 2.05) is 7.05 Å². The van der Waals surface area contributed by atoms with Crippen LogP contribution in [0.5, 0.6) is 5.75 Å². The lowest BCUT2D eigenvalue weighted by Gasteiger charge is -2.43. The van der Waals surface area contributed by atoms with Gasteiger partial charge in [-0.15, -0.1) is 0 Å². The molecular weight excluding hydrogens is 349 g/mol. The maximum absolute atomic E-state index is 13.5. The Bertz CT molecular complexity index is 475. The second-order valence-corrected chi connectivity index (χ2v) is 6.08. The number of ether oxygens (including phenoxy) is 2. The van der Waals surface area contributed by atoms with E-state index in [0.29, 0.717) is 16.8 Å². The number of hydrogen-bond donors (Lipinski definition) is 1. The smallest absolute Gasteiger partial charge is 0.145 e. The average Bonchev–Trinajstić information content (AvgIpc) is 2.40. The molecule has 0 spiro atoms. The number of hydrogen-bond acceptors (Lipinski definition) is 3. The molecule has 0 radical (unpaired) electrons. The number of halogens is 3. The molecule has 0 aromatic heterocycles. The molecule has 3 unspecified atom stereocenters. The van der Waals surface area contributed by atoms with Gasteiger partial charge >= 0.3 is 0 Å². The summed E-state index contributed by atoms with van der Waals surface area (Å²) >= 11 is 9.05. The van der Waals surface area contributed by atoms with Gasteiger partial charge in [0.15, 0.2) is 0 Å². The van der Waals surface area contributed by atoms with Crippen molar-refractivity contribution in [2.45, 2.75) is 38.0 Å². The van der Waals surface area contributed by atoms with Crippen molar-refractivity contribution in [2.24, 2.45) is 0 Å². The second-order valence-electron chi connectivity index (χ2n) is 4.82. The van der Waals surface area contributed by atoms with Gasteiger partial charge in [0.2, 0.25) is 0 Å². The highest BCUT2D eigenvalue weighted by Crippen LogP contribution is 2.35. The molecule has 0 bridgehead atoms. The van der Waals surface area contributed by atoms with Crippen LogP contribution in [0.2, 0.25) is 5.02 Å². The second kappa shape index (κ2) is 7.07. The van der Waals surface area contributed by atoms with Crippen LogP contribution in [0.15, 0.2) is 16.6 Å². The lowest BCUT2D eigenvalue weighted by Crippen LogP contribution is -2.60. The van der Waals surface area contributed by atoms with Crippen molar-refractivity contribution in [1.29, 1.82) is 0 Å². The first-order valence-electron chi connectivity index (χ1n) is 6.66. The third kappa shape index (κ3) is 3.45. The molecule has 3 nitrogen and oxygen atoms in total. The first-order chi connectivity index (χ1) is 9.56. The summed E-state index contributed by atoms with van der Waals surface area (Å²) in [6.07, 6.45) is 1.71. The molecule has 20 heavy (non-hydrogen) atoms. The van der Waals surface area contributed by atoms with Crippen LogP contribution in [0.4, 0.5) is 4.39 Å². The Morgan fingerprint density at radius 1 is 1.50 bits per heavy atom. The molecule has 0 aliphatic heterocycles. The summed E-state index contributed by atoms with van der Waals surface area (Å²) in [5, 5.41) is 3.27. The van der Waals surface area contributed by atoms with Crippen LogP contribution < -0.4 is 10.1 Å². The number of rotatable bonds is 6. The van der Waals surface area contributed by atoms with Crippen molar-refractivity contribution in [1.82, 2.24) is 5.32 Å². The third-order valence-electron chi connectivity index (χ3n) is 3.39. The Labute approximate surface area is 131 Å². The SMILES string of the molecule is CCCOC1C(NC)CC1Oc1cc(F)c(Cl)cc1Br. The van der Waals surface area contributed by atoms with Crippen LogP contribution in [-0.2, 0) is 4.74 Å². The van der Waals surface area contributed by atoms with E-state index in [2.05, 4.69) is 28.2 Å². The van der Waals surface area contributed by atoms with Gasteiger partial charge in [0.25, 0.3) is 0 Å². The summed E-state index contributed by atoms with van der Waals surface area (Å²) < 4.78 is 25.8. The van der Waals surface area contributed by atoms with Crippen molar-refractivity contribution >= 4 is 27.5 Å². The van der Waals surface area contributed by atoms with Crippen molar-refractivity contribution < 1.29 is 13.9 Å². The van der Waals surface area contributed by atoms with E-state index in [9.17, 15) is 4.39 Å². The Kier molecular flexibility index (Phi) is 5.66. The topological polar surface area (TPSA) is 30.5 Å². The Hall–Kier alpha value is -0.360. The molecule has 6 heteroatoms. The van der Waals surface area contributed by atoms with Crippen LogP contribution in [0.25, 0.3) is 0 Å². The van der Waals surface area contributed by atoms with Gasteiger partial charge in [-0.05, 0) is 35.5 Å². The molecule has 2 rings (SSSR count). The summed E-state index contributed by atoms with van der Waals surface area (Å²) in [6.45, 7) is 2.76. The lowest BCUT2D eigenvalue weighted by molar-refractivity contribution is -0.106. The molecular formula is C14H18BrClFNO2. The van der Waals surface area contributed by atoms with E-state index in [0.717, 1.165) is 12.8 Å². The fourth-order valence-electron chi connectivity index (χ4n) is 2.21. The van der Waals surface area contributed by atoms with Crippen molar-refractivity contribution in [2.75, 3.05) is 13.7 Å². The number of benzene rings is 1. The van der Waals surface area contributed by atoms with Gasteiger partial charge < -0.3 is 14.8 Å². The van der Waals surface area contributed by atoms with E-state index in [-0.39, 0.29) is 23.3 Å². The molecule has 112 valence electrons. The van der Waals surface area contributed by atoms with Crippen LogP contribution in [0, 0.1) is 5.82 Å². The number of likely N-dealkylation sites (N-methyl/N-ethyl adjacent to an activating group) is 1. The van der Waals surface area contributed by atoms with Crippen LogP contribution >= 0.6 is 27.5 Å².